The summed E-state index contributed by atoms with van der Waals surface area (Å²) in [6.07, 6.45) is 16.6. The fourth-order valence-electron chi connectivity index (χ4n) is 3.17. The highest BCUT2D eigenvalue weighted by molar-refractivity contribution is 5.85. The summed E-state index contributed by atoms with van der Waals surface area (Å²) in [5.74, 6) is 0. The number of anilines is 1. The minimum absolute atomic E-state index is 0. The van der Waals surface area contributed by atoms with Crippen molar-refractivity contribution in [3.8, 4) is 0 Å². The number of hydrogen-bond acceptors (Lipinski definition) is 1. The predicted molar refractivity (Wildman–Crippen MR) is 113 cm³/mol. The minimum atomic E-state index is 0. The molecule has 0 aromatic heterocycles. The number of halogens is 1. The van der Waals surface area contributed by atoms with E-state index in [4.69, 9.17) is 0 Å². The van der Waals surface area contributed by atoms with E-state index in [-0.39, 0.29) is 12.4 Å². The van der Waals surface area contributed by atoms with E-state index in [2.05, 4.69) is 49.1 Å². The van der Waals surface area contributed by atoms with Crippen molar-refractivity contribution in [3.63, 3.8) is 0 Å². The number of hydrogen-bond donors (Lipinski definition) is 0. The summed E-state index contributed by atoms with van der Waals surface area (Å²) < 4.78 is 0. The summed E-state index contributed by atoms with van der Waals surface area (Å²) in [6.45, 7) is 7.03. The molecule has 24 heavy (non-hydrogen) atoms. The van der Waals surface area contributed by atoms with Crippen molar-refractivity contribution in [2.75, 3.05) is 18.0 Å². The van der Waals surface area contributed by atoms with Gasteiger partial charge >= 0.3 is 0 Å². The van der Waals surface area contributed by atoms with Crippen molar-refractivity contribution in [3.05, 3.63) is 30.3 Å². The fraction of sp³-hybridized carbons (Fsp3) is 0.727. The highest BCUT2D eigenvalue weighted by Gasteiger charge is 2.05. The number of unbranched alkanes of at least 4 members (excludes halogenated alkanes) is 10. The van der Waals surface area contributed by atoms with Crippen LogP contribution in [0.2, 0.25) is 0 Å². The van der Waals surface area contributed by atoms with Crippen LogP contribution >= 0.6 is 12.4 Å². The van der Waals surface area contributed by atoms with Crippen molar-refractivity contribution in [2.45, 2.75) is 90.9 Å². The first-order chi connectivity index (χ1) is 11.4. The van der Waals surface area contributed by atoms with Gasteiger partial charge in [0.1, 0.15) is 0 Å². The quantitative estimate of drug-likeness (QED) is 0.293. The van der Waals surface area contributed by atoms with Crippen molar-refractivity contribution in [1.29, 1.82) is 0 Å². The van der Waals surface area contributed by atoms with Gasteiger partial charge in [0.15, 0.2) is 0 Å². The monoisotopic (exact) mass is 353 g/mol. The second-order valence-corrected chi connectivity index (χ2v) is 6.86. The van der Waals surface area contributed by atoms with Crippen LogP contribution in [0.25, 0.3) is 0 Å². The number of nitrogens with zero attached hydrogens (tertiary/aromatic N) is 1. The molecule has 2 heteroatoms. The molecule has 0 heterocycles. The van der Waals surface area contributed by atoms with Gasteiger partial charge in [-0.3, -0.25) is 0 Å². The van der Waals surface area contributed by atoms with E-state index in [1.165, 1.54) is 95.8 Å². The molecular formula is C22H40ClN. The normalized spacial score (nSPS) is 10.4. The molecule has 0 fully saturated rings. The van der Waals surface area contributed by atoms with E-state index in [1.54, 1.807) is 0 Å². The summed E-state index contributed by atoms with van der Waals surface area (Å²) in [5.41, 5.74) is 1.41. The van der Waals surface area contributed by atoms with Crippen LogP contribution in [0.5, 0.6) is 0 Å². The van der Waals surface area contributed by atoms with E-state index in [0.29, 0.717) is 0 Å². The van der Waals surface area contributed by atoms with Gasteiger partial charge in [0.05, 0.1) is 0 Å². The van der Waals surface area contributed by atoms with E-state index in [9.17, 15) is 0 Å². The van der Waals surface area contributed by atoms with Gasteiger partial charge in [0, 0.05) is 18.8 Å². The van der Waals surface area contributed by atoms with Gasteiger partial charge in [-0.05, 0) is 25.0 Å². The van der Waals surface area contributed by atoms with E-state index < -0.39 is 0 Å². The Morgan fingerprint density at radius 1 is 0.583 bits per heavy atom. The summed E-state index contributed by atoms with van der Waals surface area (Å²) >= 11 is 0. The Labute approximate surface area is 157 Å². The van der Waals surface area contributed by atoms with Crippen LogP contribution in [0.3, 0.4) is 0 Å². The average Bonchev–Trinajstić information content (AvgIpc) is 2.60. The molecule has 1 nitrogen and oxygen atoms in total. The first-order valence-electron chi connectivity index (χ1n) is 10.2. The van der Waals surface area contributed by atoms with Gasteiger partial charge in [0.2, 0.25) is 0 Å². The zero-order valence-corrected chi connectivity index (χ0v) is 17.0. The second-order valence-electron chi connectivity index (χ2n) is 6.86. The number of rotatable bonds is 15. The molecule has 1 rings (SSSR count). The van der Waals surface area contributed by atoms with Crippen LogP contribution in [-0.2, 0) is 0 Å². The molecule has 0 atom stereocenters. The Morgan fingerprint density at radius 3 is 1.46 bits per heavy atom. The lowest BCUT2D eigenvalue weighted by molar-refractivity contribution is 0.575. The largest absolute Gasteiger partial charge is 0.372 e. The Kier molecular flexibility index (Phi) is 16.7. The lowest BCUT2D eigenvalue weighted by Gasteiger charge is -2.25. The van der Waals surface area contributed by atoms with Crippen molar-refractivity contribution >= 4 is 18.1 Å². The summed E-state index contributed by atoms with van der Waals surface area (Å²) in [5, 5.41) is 0. The zero-order valence-electron chi connectivity index (χ0n) is 16.1. The van der Waals surface area contributed by atoms with Crippen LogP contribution in [0.4, 0.5) is 5.69 Å². The van der Waals surface area contributed by atoms with Gasteiger partial charge in [-0.15, -0.1) is 12.4 Å². The summed E-state index contributed by atoms with van der Waals surface area (Å²) in [6, 6.07) is 11.0. The molecule has 0 saturated carbocycles. The SMILES string of the molecule is CCCCCCCCN(CCCCCCCC)c1ccccc1.Cl. The van der Waals surface area contributed by atoms with Gasteiger partial charge in [0.25, 0.3) is 0 Å². The minimum Gasteiger partial charge on any atom is -0.372 e. The van der Waals surface area contributed by atoms with Gasteiger partial charge in [-0.25, -0.2) is 0 Å². The first kappa shape index (κ1) is 23.3. The maximum Gasteiger partial charge on any atom is 0.0366 e. The van der Waals surface area contributed by atoms with Gasteiger partial charge in [-0.1, -0.05) is 96.3 Å². The summed E-state index contributed by atoms with van der Waals surface area (Å²) in [4.78, 5) is 2.61. The molecule has 1 aromatic rings. The summed E-state index contributed by atoms with van der Waals surface area (Å²) in [7, 11) is 0. The van der Waals surface area contributed by atoms with Crippen molar-refractivity contribution in [1.82, 2.24) is 0 Å². The highest BCUT2D eigenvalue weighted by atomic mass is 35.5. The third-order valence-electron chi connectivity index (χ3n) is 4.68. The standard InChI is InChI=1S/C22H39N.ClH/c1-3-5-7-9-11-16-20-23(22-18-14-13-15-19-22)21-17-12-10-8-6-4-2;/h13-15,18-19H,3-12,16-17,20-21H2,1-2H3;1H. The van der Waals surface area contributed by atoms with Crippen LogP contribution < -0.4 is 4.90 Å². The Morgan fingerprint density at radius 2 is 1.00 bits per heavy atom. The Hall–Kier alpha value is -0.690. The van der Waals surface area contributed by atoms with Gasteiger partial charge < -0.3 is 4.90 Å². The third kappa shape index (κ3) is 11.8. The number of benzene rings is 1. The molecular weight excluding hydrogens is 314 g/mol. The molecule has 0 amide bonds. The molecule has 0 unspecified atom stereocenters. The third-order valence-corrected chi connectivity index (χ3v) is 4.68. The molecule has 0 aliphatic rings. The maximum absolute atomic E-state index is 2.61. The highest BCUT2D eigenvalue weighted by Crippen LogP contribution is 2.17. The smallest absolute Gasteiger partial charge is 0.0366 e. The molecule has 0 radical (unpaired) electrons. The molecule has 0 N–H and O–H groups in total. The molecule has 0 saturated heterocycles. The molecule has 0 spiro atoms. The molecule has 0 bridgehead atoms. The first-order valence-corrected chi connectivity index (χ1v) is 10.2. The average molecular weight is 354 g/mol. The molecule has 0 aliphatic carbocycles. The second kappa shape index (κ2) is 17.1. The fourth-order valence-corrected chi connectivity index (χ4v) is 3.17. The Bertz CT molecular complexity index is 336. The molecule has 0 aliphatic heterocycles. The van der Waals surface area contributed by atoms with Gasteiger partial charge in [-0.2, -0.15) is 0 Å². The van der Waals surface area contributed by atoms with Crippen LogP contribution in [0, 0.1) is 0 Å². The zero-order chi connectivity index (χ0) is 16.6. The number of para-hydroxylation sites is 1. The van der Waals surface area contributed by atoms with Crippen molar-refractivity contribution < 1.29 is 0 Å². The lowest BCUT2D eigenvalue weighted by atomic mass is 10.1. The topological polar surface area (TPSA) is 3.24 Å². The van der Waals surface area contributed by atoms with E-state index in [1.807, 2.05) is 0 Å². The van der Waals surface area contributed by atoms with Crippen LogP contribution in [0.1, 0.15) is 90.9 Å². The van der Waals surface area contributed by atoms with Crippen molar-refractivity contribution in [2.24, 2.45) is 0 Å². The Balaban J connectivity index is 0.00000529. The lowest BCUT2D eigenvalue weighted by Crippen LogP contribution is -2.25. The predicted octanol–water partition coefficient (Wildman–Crippen LogP) is 7.64. The van der Waals surface area contributed by atoms with Crippen LogP contribution in [0.15, 0.2) is 30.3 Å². The molecule has 140 valence electrons. The van der Waals surface area contributed by atoms with E-state index in [0.717, 1.165) is 0 Å². The molecule has 1 aromatic carbocycles. The van der Waals surface area contributed by atoms with Crippen LogP contribution in [-0.4, -0.2) is 13.1 Å². The van der Waals surface area contributed by atoms with E-state index >= 15 is 0 Å². The maximum atomic E-state index is 2.61.